The molecule has 4 nitrogen and oxygen atoms in total. The van der Waals surface area contributed by atoms with Gasteiger partial charge in [-0.1, -0.05) is 0 Å². The molecule has 4 heteroatoms. The van der Waals surface area contributed by atoms with Gasteiger partial charge >= 0.3 is 0 Å². The second-order valence-corrected chi connectivity index (χ2v) is 2.87. The summed E-state index contributed by atoms with van der Waals surface area (Å²) in [5.41, 5.74) is 3.23. The molecule has 1 rings (SSSR count). The number of rotatable bonds is 2. The highest BCUT2D eigenvalue weighted by molar-refractivity contribution is 5.64. The summed E-state index contributed by atoms with van der Waals surface area (Å²) >= 11 is 0. The second kappa shape index (κ2) is 4.28. The standard InChI is InChI=1S/C10H10N4/c1-7-3-10(14-6-12)8(2)4-9(7)13-5-11/h3-4,11-12H,1-2H3. The molecular formula is C10H10N4. The van der Waals surface area contributed by atoms with Gasteiger partial charge in [0.2, 0.25) is 0 Å². The normalized spacial score (nSPS) is 8.71. The summed E-state index contributed by atoms with van der Waals surface area (Å²) in [7, 11) is 0. The second-order valence-electron chi connectivity index (χ2n) is 2.87. The van der Waals surface area contributed by atoms with Crippen LogP contribution in [0.2, 0.25) is 0 Å². The van der Waals surface area contributed by atoms with Crippen LogP contribution in [0.1, 0.15) is 11.1 Å². The summed E-state index contributed by atoms with van der Waals surface area (Å²) in [4.78, 5) is 7.55. The molecular weight excluding hydrogens is 176 g/mol. The summed E-state index contributed by atoms with van der Waals surface area (Å²) in [5, 5.41) is 13.5. The topological polar surface area (TPSA) is 72.4 Å². The van der Waals surface area contributed by atoms with Crippen molar-refractivity contribution < 1.29 is 0 Å². The summed E-state index contributed by atoms with van der Waals surface area (Å²) in [5.74, 6) is 0. The predicted octanol–water partition coefficient (Wildman–Crippen LogP) is 3.07. The monoisotopic (exact) mass is 186 g/mol. The van der Waals surface area contributed by atoms with Crippen LogP contribution in [0.4, 0.5) is 11.4 Å². The van der Waals surface area contributed by atoms with Crippen molar-refractivity contribution in [1.29, 1.82) is 10.8 Å². The number of benzene rings is 1. The Balaban J connectivity index is 3.37. The Hall–Kier alpha value is -2.02. The molecule has 0 saturated carbocycles. The van der Waals surface area contributed by atoms with Gasteiger partial charge in [-0.2, -0.15) is 9.98 Å². The van der Waals surface area contributed by atoms with E-state index in [0.29, 0.717) is 11.4 Å². The molecule has 70 valence electrons. The van der Waals surface area contributed by atoms with E-state index in [1.165, 1.54) is 0 Å². The van der Waals surface area contributed by atoms with Gasteiger partial charge in [0.05, 0.1) is 23.4 Å². The zero-order chi connectivity index (χ0) is 10.6. The minimum atomic E-state index is 0.710. The van der Waals surface area contributed by atoms with Crippen LogP contribution >= 0.6 is 0 Å². The number of nitrogens with zero attached hydrogens (tertiary/aromatic N) is 2. The van der Waals surface area contributed by atoms with Gasteiger partial charge in [-0.15, -0.1) is 0 Å². The van der Waals surface area contributed by atoms with E-state index in [4.69, 9.17) is 10.8 Å². The van der Waals surface area contributed by atoms with Gasteiger partial charge in [0.1, 0.15) is 0 Å². The third-order valence-corrected chi connectivity index (χ3v) is 1.87. The number of aryl methyl sites for hydroxylation is 2. The van der Waals surface area contributed by atoms with Crippen molar-refractivity contribution in [1.82, 2.24) is 0 Å². The summed E-state index contributed by atoms with van der Waals surface area (Å²) in [6.45, 7) is 3.75. The number of aliphatic imine (C=N–C) groups is 2. The average molecular weight is 186 g/mol. The lowest BCUT2D eigenvalue weighted by atomic mass is 10.1. The maximum absolute atomic E-state index is 6.76. The fraction of sp³-hybridized carbons (Fsp3) is 0.200. The van der Waals surface area contributed by atoms with Crippen LogP contribution in [-0.2, 0) is 0 Å². The van der Waals surface area contributed by atoms with Gasteiger partial charge in [-0.25, -0.2) is 10.8 Å². The van der Waals surface area contributed by atoms with Crippen molar-refractivity contribution in [2.24, 2.45) is 9.98 Å². The summed E-state index contributed by atoms with van der Waals surface area (Å²) in [6.07, 6.45) is 0. The molecule has 0 aliphatic rings. The van der Waals surface area contributed by atoms with E-state index < -0.39 is 0 Å². The number of hydrogen-bond donors (Lipinski definition) is 2. The molecule has 14 heavy (non-hydrogen) atoms. The molecule has 0 saturated heterocycles. The number of nitrogens with one attached hydrogen (secondary N) is 2. The van der Waals surface area contributed by atoms with Crippen LogP contribution < -0.4 is 0 Å². The number of hydrogen-bond acceptors (Lipinski definition) is 4. The van der Waals surface area contributed by atoms with Gasteiger partial charge in [0.15, 0.2) is 0 Å². The average Bonchev–Trinajstić information content (AvgIpc) is 2.14. The van der Waals surface area contributed by atoms with E-state index in [9.17, 15) is 0 Å². The Morgan fingerprint density at radius 3 is 1.57 bits per heavy atom. The van der Waals surface area contributed by atoms with Crippen molar-refractivity contribution in [2.75, 3.05) is 0 Å². The van der Waals surface area contributed by atoms with E-state index >= 15 is 0 Å². The molecule has 2 N–H and O–H groups in total. The van der Waals surface area contributed by atoms with Crippen LogP contribution in [0.3, 0.4) is 0 Å². The summed E-state index contributed by atoms with van der Waals surface area (Å²) in [6, 6.07) is 7.62. The Morgan fingerprint density at radius 1 is 0.929 bits per heavy atom. The van der Waals surface area contributed by atoms with E-state index in [0.717, 1.165) is 11.1 Å². The zero-order valence-electron chi connectivity index (χ0n) is 8.05. The molecule has 0 aliphatic carbocycles. The smallest absolute Gasteiger partial charge is 0.0918 e. The van der Waals surface area contributed by atoms with Crippen LogP contribution in [0.15, 0.2) is 22.1 Å². The molecule has 0 spiro atoms. The first-order chi connectivity index (χ1) is 6.69. The van der Waals surface area contributed by atoms with Crippen molar-refractivity contribution in [3.8, 4) is 0 Å². The molecule has 0 fully saturated rings. The van der Waals surface area contributed by atoms with Crippen LogP contribution in [0.5, 0.6) is 0 Å². The van der Waals surface area contributed by atoms with Crippen LogP contribution in [-0.4, -0.2) is 12.0 Å². The predicted molar refractivity (Wildman–Crippen MR) is 55.5 cm³/mol. The van der Waals surface area contributed by atoms with E-state index in [2.05, 4.69) is 9.98 Å². The minimum absolute atomic E-state index is 0.710. The Labute approximate surface area is 82.1 Å². The van der Waals surface area contributed by atoms with Crippen LogP contribution in [0, 0.1) is 24.7 Å². The molecule has 0 aromatic heterocycles. The first kappa shape index (κ1) is 10.1. The van der Waals surface area contributed by atoms with Gasteiger partial charge in [0, 0.05) is 0 Å². The fourth-order valence-electron chi connectivity index (χ4n) is 1.15. The van der Waals surface area contributed by atoms with E-state index in [1.54, 1.807) is 0 Å². The third-order valence-electron chi connectivity index (χ3n) is 1.87. The molecule has 0 bridgehead atoms. The molecule has 0 aliphatic heterocycles. The first-order valence-electron chi connectivity index (χ1n) is 4.05. The SMILES string of the molecule is Cc1cc(N=C=N)c(C)cc1N=C=N. The lowest BCUT2D eigenvalue weighted by molar-refractivity contribution is 1.32. The molecule has 0 amide bonds. The molecule has 0 atom stereocenters. The van der Waals surface area contributed by atoms with Gasteiger partial charge in [-0.3, -0.25) is 0 Å². The maximum Gasteiger partial charge on any atom is 0.0918 e. The van der Waals surface area contributed by atoms with Crippen molar-refractivity contribution >= 4 is 23.4 Å². The van der Waals surface area contributed by atoms with E-state index in [1.807, 2.05) is 38.0 Å². The Kier molecular flexibility index (Phi) is 3.08. The highest BCUT2D eigenvalue weighted by atomic mass is 14.8. The van der Waals surface area contributed by atoms with Crippen LogP contribution in [0.25, 0.3) is 0 Å². The van der Waals surface area contributed by atoms with E-state index in [-0.39, 0.29) is 0 Å². The molecule has 1 aromatic rings. The summed E-state index contributed by atoms with van der Waals surface area (Å²) < 4.78 is 0. The van der Waals surface area contributed by atoms with Gasteiger partial charge in [-0.05, 0) is 37.1 Å². The lowest BCUT2D eigenvalue weighted by Gasteiger charge is -2.03. The zero-order valence-corrected chi connectivity index (χ0v) is 8.05. The quantitative estimate of drug-likeness (QED) is 0.666. The Morgan fingerprint density at radius 2 is 1.29 bits per heavy atom. The third kappa shape index (κ3) is 2.02. The fourth-order valence-corrected chi connectivity index (χ4v) is 1.15. The Bertz CT molecular complexity index is 406. The first-order valence-corrected chi connectivity index (χ1v) is 4.05. The van der Waals surface area contributed by atoms with Crippen molar-refractivity contribution in [3.05, 3.63) is 23.3 Å². The molecule has 0 heterocycles. The molecule has 1 aromatic carbocycles. The highest BCUT2D eigenvalue weighted by Gasteiger charge is 2.02. The highest BCUT2D eigenvalue weighted by Crippen LogP contribution is 2.27. The van der Waals surface area contributed by atoms with Gasteiger partial charge in [0.25, 0.3) is 0 Å². The molecule has 0 radical (unpaired) electrons. The molecule has 0 unspecified atom stereocenters. The van der Waals surface area contributed by atoms with Crippen molar-refractivity contribution in [3.63, 3.8) is 0 Å². The van der Waals surface area contributed by atoms with Crippen molar-refractivity contribution in [2.45, 2.75) is 13.8 Å². The maximum atomic E-state index is 6.76. The lowest BCUT2D eigenvalue weighted by Crippen LogP contribution is -1.79. The minimum Gasteiger partial charge on any atom is -0.241 e. The van der Waals surface area contributed by atoms with Gasteiger partial charge < -0.3 is 0 Å². The largest absolute Gasteiger partial charge is 0.241 e.